The van der Waals surface area contributed by atoms with Crippen LogP contribution in [0.5, 0.6) is 0 Å². The first-order valence-corrected chi connectivity index (χ1v) is 7.04. The van der Waals surface area contributed by atoms with Crippen molar-refractivity contribution in [3.8, 4) is 0 Å². The smallest absolute Gasteiger partial charge is 0.123 e. The Balaban J connectivity index is 1.76. The largest absolute Gasteiger partial charge is 0.306 e. The molecule has 0 amide bonds. The van der Waals surface area contributed by atoms with Gasteiger partial charge in [0.25, 0.3) is 0 Å². The van der Waals surface area contributed by atoms with Gasteiger partial charge in [0.05, 0.1) is 0 Å². The maximum Gasteiger partial charge on any atom is 0.123 e. The third kappa shape index (κ3) is 3.09. The number of hydrogen-bond acceptors (Lipinski definition) is 2. The van der Waals surface area contributed by atoms with E-state index in [1.54, 1.807) is 0 Å². The third-order valence-electron chi connectivity index (χ3n) is 3.74. The second-order valence-electron chi connectivity index (χ2n) is 5.17. The van der Waals surface area contributed by atoms with Crippen LogP contribution in [0.2, 0.25) is 0 Å². The van der Waals surface area contributed by atoms with Crippen LogP contribution in [0.25, 0.3) is 10.8 Å². The molecular formula is C18H17FN2. The molecule has 0 saturated heterocycles. The van der Waals surface area contributed by atoms with Crippen molar-refractivity contribution in [2.75, 3.05) is 0 Å². The number of fused-ring (bicyclic) bond motifs is 1. The van der Waals surface area contributed by atoms with Gasteiger partial charge in [0.2, 0.25) is 0 Å². The molecule has 0 aliphatic heterocycles. The number of nitrogens with zero attached hydrogens (tertiary/aromatic N) is 1. The Hall–Kier alpha value is -2.26. The van der Waals surface area contributed by atoms with Crippen molar-refractivity contribution in [2.24, 2.45) is 0 Å². The number of aromatic nitrogens is 1. The van der Waals surface area contributed by atoms with E-state index < -0.39 is 0 Å². The fraction of sp³-hybridized carbons (Fsp3) is 0.167. The molecule has 2 nitrogen and oxygen atoms in total. The summed E-state index contributed by atoms with van der Waals surface area (Å²) >= 11 is 0. The normalized spacial score (nSPS) is 12.5. The molecule has 1 N–H and O–H groups in total. The highest BCUT2D eigenvalue weighted by atomic mass is 19.1. The summed E-state index contributed by atoms with van der Waals surface area (Å²) in [7, 11) is 0. The zero-order valence-corrected chi connectivity index (χ0v) is 11.9. The summed E-state index contributed by atoms with van der Waals surface area (Å²) in [6.07, 6.45) is 3.69. The highest BCUT2D eigenvalue weighted by Crippen LogP contribution is 2.19. The van der Waals surface area contributed by atoms with Gasteiger partial charge in [-0.3, -0.25) is 4.98 Å². The highest BCUT2D eigenvalue weighted by Gasteiger charge is 2.06. The maximum atomic E-state index is 12.9. The molecule has 1 atom stereocenters. The summed E-state index contributed by atoms with van der Waals surface area (Å²) in [6, 6.07) is 15.1. The summed E-state index contributed by atoms with van der Waals surface area (Å²) in [4.78, 5) is 4.15. The fourth-order valence-corrected chi connectivity index (χ4v) is 2.48. The summed E-state index contributed by atoms with van der Waals surface area (Å²) < 4.78 is 12.9. The minimum atomic E-state index is -0.201. The standard InChI is InChI=1S/C18H17FN2/c1-13(14-5-7-17(19)8-6-14)21-12-16-4-2-3-15-11-20-10-9-18(15)16/h2-11,13,21H,12H2,1H3/t13-/m0/s1. The van der Waals surface area contributed by atoms with Crippen LogP contribution in [0.1, 0.15) is 24.1 Å². The van der Waals surface area contributed by atoms with Crippen molar-refractivity contribution in [1.82, 2.24) is 10.3 Å². The van der Waals surface area contributed by atoms with E-state index in [-0.39, 0.29) is 11.9 Å². The number of nitrogens with one attached hydrogen (secondary N) is 1. The van der Waals surface area contributed by atoms with Gasteiger partial charge in [0.15, 0.2) is 0 Å². The molecule has 0 fully saturated rings. The van der Waals surface area contributed by atoms with E-state index in [4.69, 9.17) is 0 Å². The SMILES string of the molecule is C[C@H](NCc1cccc2cnccc12)c1ccc(F)cc1. The van der Waals surface area contributed by atoms with Crippen LogP contribution in [0.15, 0.2) is 60.9 Å². The minimum absolute atomic E-state index is 0.169. The van der Waals surface area contributed by atoms with E-state index in [1.165, 1.54) is 23.1 Å². The molecule has 0 saturated carbocycles. The van der Waals surface area contributed by atoms with Gasteiger partial charge >= 0.3 is 0 Å². The highest BCUT2D eigenvalue weighted by molar-refractivity contribution is 5.84. The molecule has 1 aromatic heterocycles. The van der Waals surface area contributed by atoms with Crippen LogP contribution in [0.4, 0.5) is 4.39 Å². The van der Waals surface area contributed by atoms with Crippen LogP contribution in [0.3, 0.4) is 0 Å². The molecule has 3 rings (SSSR count). The summed E-state index contributed by atoms with van der Waals surface area (Å²) in [5, 5.41) is 5.84. The topological polar surface area (TPSA) is 24.9 Å². The zero-order chi connectivity index (χ0) is 14.7. The summed E-state index contributed by atoms with van der Waals surface area (Å²) in [5.74, 6) is -0.201. The predicted molar refractivity (Wildman–Crippen MR) is 83.4 cm³/mol. The van der Waals surface area contributed by atoms with Gasteiger partial charge in [-0.1, -0.05) is 30.3 Å². The molecule has 0 spiro atoms. The lowest BCUT2D eigenvalue weighted by atomic mass is 10.0. The van der Waals surface area contributed by atoms with E-state index in [0.717, 1.165) is 17.5 Å². The Morgan fingerprint density at radius 1 is 1.10 bits per heavy atom. The van der Waals surface area contributed by atoms with Crippen molar-refractivity contribution in [3.63, 3.8) is 0 Å². The van der Waals surface area contributed by atoms with Crippen LogP contribution in [0, 0.1) is 5.82 Å². The molecule has 1 heterocycles. The lowest BCUT2D eigenvalue weighted by Gasteiger charge is -2.15. The van der Waals surface area contributed by atoms with Crippen molar-refractivity contribution >= 4 is 10.8 Å². The fourth-order valence-electron chi connectivity index (χ4n) is 2.48. The van der Waals surface area contributed by atoms with E-state index in [9.17, 15) is 4.39 Å². The first-order chi connectivity index (χ1) is 10.2. The Labute approximate surface area is 123 Å². The minimum Gasteiger partial charge on any atom is -0.306 e. The Morgan fingerprint density at radius 3 is 2.71 bits per heavy atom. The van der Waals surface area contributed by atoms with Crippen LogP contribution >= 0.6 is 0 Å². The van der Waals surface area contributed by atoms with Crippen molar-refractivity contribution in [3.05, 3.63) is 77.9 Å². The van der Waals surface area contributed by atoms with Crippen molar-refractivity contribution in [1.29, 1.82) is 0 Å². The molecule has 3 heteroatoms. The second-order valence-corrected chi connectivity index (χ2v) is 5.17. The number of benzene rings is 2. The van der Waals surface area contributed by atoms with Gasteiger partial charge in [0, 0.05) is 30.4 Å². The van der Waals surface area contributed by atoms with Gasteiger partial charge in [0.1, 0.15) is 5.82 Å². The van der Waals surface area contributed by atoms with Crippen molar-refractivity contribution in [2.45, 2.75) is 19.5 Å². The van der Waals surface area contributed by atoms with E-state index in [0.29, 0.717) is 0 Å². The van der Waals surface area contributed by atoms with Gasteiger partial charge in [-0.25, -0.2) is 4.39 Å². The molecule has 21 heavy (non-hydrogen) atoms. The van der Waals surface area contributed by atoms with E-state index in [1.807, 2.05) is 36.7 Å². The molecule has 106 valence electrons. The number of halogens is 1. The molecule has 3 aromatic rings. The quantitative estimate of drug-likeness (QED) is 0.773. The first kappa shape index (κ1) is 13.7. The Bertz CT molecular complexity index is 732. The molecule has 0 aliphatic carbocycles. The van der Waals surface area contributed by atoms with E-state index in [2.05, 4.69) is 29.4 Å². The molecular weight excluding hydrogens is 263 g/mol. The number of pyridine rings is 1. The Kier molecular flexibility index (Phi) is 3.93. The molecule has 0 radical (unpaired) electrons. The average molecular weight is 280 g/mol. The van der Waals surface area contributed by atoms with Gasteiger partial charge < -0.3 is 5.32 Å². The maximum absolute atomic E-state index is 12.9. The Morgan fingerprint density at radius 2 is 1.90 bits per heavy atom. The van der Waals surface area contributed by atoms with Gasteiger partial charge in [-0.05, 0) is 41.6 Å². The van der Waals surface area contributed by atoms with Crippen LogP contribution in [-0.2, 0) is 6.54 Å². The number of hydrogen-bond donors (Lipinski definition) is 1. The summed E-state index contributed by atoms with van der Waals surface area (Å²) in [6.45, 7) is 2.85. The lowest BCUT2D eigenvalue weighted by molar-refractivity contribution is 0.572. The lowest BCUT2D eigenvalue weighted by Crippen LogP contribution is -2.18. The van der Waals surface area contributed by atoms with Crippen LogP contribution < -0.4 is 5.32 Å². The van der Waals surface area contributed by atoms with E-state index >= 15 is 0 Å². The molecule has 0 unspecified atom stereocenters. The number of rotatable bonds is 4. The second kappa shape index (κ2) is 6.02. The van der Waals surface area contributed by atoms with Gasteiger partial charge in [-0.2, -0.15) is 0 Å². The third-order valence-corrected chi connectivity index (χ3v) is 3.74. The predicted octanol–water partition coefficient (Wildman–Crippen LogP) is 4.22. The molecule has 0 aliphatic rings. The average Bonchev–Trinajstić information content (AvgIpc) is 2.53. The molecule has 0 bridgehead atoms. The zero-order valence-electron chi connectivity index (χ0n) is 11.9. The van der Waals surface area contributed by atoms with Gasteiger partial charge in [-0.15, -0.1) is 0 Å². The first-order valence-electron chi connectivity index (χ1n) is 7.04. The van der Waals surface area contributed by atoms with Crippen molar-refractivity contribution < 1.29 is 4.39 Å². The molecule has 2 aromatic carbocycles. The summed E-state index contributed by atoms with van der Waals surface area (Å²) in [5.41, 5.74) is 2.32. The monoisotopic (exact) mass is 280 g/mol. The van der Waals surface area contributed by atoms with Crippen LogP contribution in [-0.4, -0.2) is 4.98 Å².